The first-order chi connectivity index (χ1) is 6.86. The number of hydrogen-bond acceptors (Lipinski definition) is 0. The van der Waals surface area contributed by atoms with E-state index in [-0.39, 0.29) is 7.92 Å². The fourth-order valence-electron chi connectivity index (χ4n) is 2.11. The van der Waals surface area contributed by atoms with Crippen LogP contribution in [0, 0.1) is 0 Å². The quantitative estimate of drug-likeness (QED) is 0.662. The molecule has 0 spiro atoms. The summed E-state index contributed by atoms with van der Waals surface area (Å²) < 4.78 is 0. The Labute approximate surface area is 87.8 Å². The number of hydrogen-bond donors (Lipinski definition) is 0. The third-order valence-corrected chi connectivity index (χ3v) is 5.50. The topological polar surface area (TPSA) is 0 Å². The Morgan fingerprint density at radius 3 is 2.71 bits per heavy atom. The van der Waals surface area contributed by atoms with Crippen LogP contribution >= 0.6 is 7.92 Å². The molecule has 0 heterocycles. The molecule has 2 rings (SSSR count). The Kier molecular flexibility index (Phi) is 3.03. The zero-order valence-electron chi connectivity index (χ0n) is 8.96. The highest BCUT2D eigenvalue weighted by Gasteiger charge is 2.14. The Morgan fingerprint density at radius 2 is 2.00 bits per heavy atom. The van der Waals surface area contributed by atoms with Crippen LogP contribution in [0.2, 0.25) is 0 Å². The molecular formula is C13H17P. The van der Waals surface area contributed by atoms with Crippen LogP contribution in [0.4, 0.5) is 0 Å². The van der Waals surface area contributed by atoms with Crippen molar-refractivity contribution >= 4 is 19.3 Å². The number of benzene rings is 1. The molecule has 0 atom stereocenters. The van der Waals surface area contributed by atoms with Gasteiger partial charge in [-0.05, 0) is 35.2 Å². The van der Waals surface area contributed by atoms with Gasteiger partial charge in [0.05, 0.1) is 0 Å². The summed E-state index contributed by atoms with van der Waals surface area (Å²) in [5.74, 6) is 0. The lowest BCUT2D eigenvalue weighted by atomic mass is 10.1. The lowest BCUT2D eigenvalue weighted by molar-refractivity contribution is 1.32. The lowest BCUT2D eigenvalue weighted by Gasteiger charge is -2.17. The second-order valence-corrected chi connectivity index (χ2v) is 6.46. The van der Waals surface area contributed by atoms with Gasteiger partial charge >= 0.3 is 0 Å². The van der Waals surface area contributed by atoms with Crippen molar-refractivity contribution in [2.24, 2.45) is 0 Å². The molecule has 0 nitrogen and oxygen atoms in total. The van der Waals surface area contributed by atoms with Gasteiger partial charge in [-0.1, -0.05) is 52.1 Å². The minimum atomic E-state index is 0.0946. The van der Waals surface area contributed by atoms with Crippen molar-refractivity contribution < 1.29 is 0 Å². The molecule has 14 heavy (non-hydrogen) atoms. The first-order valence-corrected chi connectivity index (χ1v) is 7.11. The van der Waals surface area contributed by atoms with Crippen molar-refractivity contribution in [3.63, 3.8) is 0 Å². The van der Waals surface area contributed by atoms with E-state index in [1.165, 1.54) is 23.5 Å². The predicted octanol–water partition coefficient (Wildman–Crippen LogP) is 3.40. The van der Waals surface area contributed by atoms with E-state index in [1.54, 1.807) is 5.30 Å². The molecule has 0 aliphatic heterocycles. The van der Waals surface area contributed by atoms with Crippen molar-refractivity contribution in [3.8, 4) is 0 Å². The first kappa shape index (κ1) is 9.93. The van der Waals surface area contributed by atoms with Gasteiger partial charge in [0, 0.05) is 0 Å². The largest absolute Gasteiger partial charge is 0.0795 e. The predicted molar refractivity (Wildman–Crippen MR) is 66.8 cm³/mol. The summed E-state index contributed by atoms with van der Waals surface area (Å²) >= 11 is 0. The molecule has 1 heteroatoms. The summed E-state index contributed by atoms with van der Waals surface area (Å²) in [6.07, 6.45) is 8.37. The molecule has 0 N–H and O–H groups in total. The van der Waals surface area contributed by atoms with Crippen LogP contribution in [0.5, 0.6) is 0 Å². The molecular weight excluding hydrogens is 187 g/mol. The Balaban J connectivity index is 2.42. The van der Waals surface area contributed by atoms with Gasteiger partial charge < -0.3 is 0 Å². The van der Waals surface area contributed by atoms with E-state index < -0.39 is 0 Å². The molecule has 0 saturated carbocycles. The summed E-state index contributed by atoms with van der Waals surface area (Å²) in [4.78, 5) is 0. The van der Waals surface area contributed by atoms with Gasteiger partial charge in [-0.15, -0.1) is 0 Å². The van der Waals surface area contributed by atoms with Gasteiger partial charge in [0.25, 0.3) is 0 Å². The van der Waals surface area contributed by atoms with Crippen LogP contribution in [0.1, 0.15) is 25.0 Å². The minimum absolute atomic E-state index is 0.0946. The molecule has 0 saturated heterocycles. The number of rotatable bonds is 3. The maximum Gasteiger partial charge on any atom is -0.00879 e. The lowest BCUT2D eigenvalue weighted by Crippen LogP contribution is -2.09. The normalized spacial score (nSPS) is 13.6. The van der Waals surface area contributed by atoms with Crippen molar-refractivity contribution in [1.82, 2.24) is 0 Å². The second kappa shape index (κ2) is 4.28. The molecule has 0 fully saturated rings. The van der Waals surface area contributed by atoms with E-state index in [1.807, 2.05) is 0 Å². The third-order valence-electron chi connectivity index (χ3n) is 2.90. The molecule has 0 bridgehead atoms. The van der Waals surface area contributed by atoms with Gasteiger partial charge in [-0.3, -0.25) is 0 Å². The van der Waals surface area contributed by atoms with Crippen LogP contribution in [0.15, 0.2) is 24.3 Å². The minimum Gasteiger partial charge on any atom is -0.0795 e. The van der Waals surface area contributed by atoms with E-state index in [0.29, 0.717) is 0 Å². The first-order valence-electron chi connectivity index (χ1n) is 5.40. The van der Waals surface area contributed by atoms with Crippen LogP contribution in [-0.4, -0.2) is 12.3 Å². The van der Waals surface area contributed by atoms with E-state index in [9.17, 15) is 0 Å². The zero-order chi connectivity index (χ0) is 9.97. The average Bonchev–Trinajstić information content (AvgIpc) is 2.68. The van der Waals surface area contributed by atoms with Crippen molar-refractivity contribution in [3.05, 3.63) is 35.4 Å². The van der Waals surface area contributed by atoms with Gasteiger partial charge in [-0.2, -0.15) is 0 Å². The van der Waals surface area contributed by atoms with E-state index >= 15 is 0 Å². The Hall–Kier alpha value is -0.610. The van der Waals surface area contributed by atoms with Crippen molar-refractivity contribution in [2.45, 2.75) is 20.3 Å². The molecule has 1 aliphatic carbocycles. The summed E-state index contributed by atoms with van der Waals surface area (Å²) in [6.45, 7) is 4.63. The van der Waals surface area contributed by atoms with E-state index in [2.05, 4.69) is 44.2 Å². The maximum absolute atomic E-state index is 2.33. The molecule has 0 aromatic heterocycles. The Morgan fingerprint density at radius 1 is 1.21 bits per heavy atom. The Bertz CT molecular complexity index is 348. The van der Waals surface area contributed by atoms with Gasteiger partial charge in [-0.25, -0.2) is 0 Å². The average molecular weight is 204 g/mol. The highest BCUT2D eigenvalue weighted by atomic mass is 31.1. The fourth-order valence-corrected chi connectivity index (χ4v) is 4.10. The van der Waals surface area contributed by atoms with Crippen LogP contribution < -0.4 is 5.30 Å². The van der Waals surface area contributed by atoms with E-state index in [0.717, 1.165) is 6.42 Å². The zero-order valence-corrected chi connectivity index (χ0v) is 9.85. The molecule has 1 aromatic rings. The van der Waals surface area contributed by atoms with Gasteiger partial charge in [0.1, 0.15) is 0 Å². The molecule has 0 radical (unpaired) electrons. The van der Waals surface area contributed by atoms with Crippen molar-refractivity contribution in [2.75, 3.05) is 12.3 Å². The van der Waals surface area contributed by atoms with Crippen LogP contribution in [0.3, 0.4) is 0 Å². The molecule has 1 aromatic carbocycles. The SMILES string of the molecule is CCP(CC)c1cccc2c1C=CC2. The fraction of sp³-hybridized carbons (Fsp3) is 0.385. The summed E-state index contributed by atoms with van der Waals surface area (Å²) in [5.41, 5.74) is 3.05. The summed E-state index contributed by atoms with van der Waals surface area (Å²) in [7, 11) is 0.0946. The molecule has 0 unspecified atom stereocenters. The highest BCUT2D eigenvalue weighted by molar-refractivity contribution is 7.65. The molecule has 1 aliphatic rings. The maximum atomic E-state index is 2.33. The summed E-state index contributed by atoms with van der Waals surface area (Å²) in [6, 6.07) is 6.81. The smallest absolute Gasteiger partial charge is 0.00879 e. The van der Waals surface area contributed by atoms with Crippen molar-refractivity contribution in [1.29, 1.82) is 0 Å². The van der Waals surface area contributed by atoms with Gasteiger partial charge in [0.15, 0.2) is 0 Å². The van der Waals surface area contributed by atoms with Crippen LogP contribution in [-0.2, 0) is 6.42 Å². The molecule has 0 amide bonds. The third kappa shape index (κ3) is 1.64. The van der Waals surface area contributed by atoms with Crippen LogP contribution in [0.25, 0.3) is 6.08 Å². The standard InChI is InChI=1S/C13H17P/c1-3-14(4-2)13-10-6-8-11-7-5-9-12(11)13/h5-6,8-10H,3-4,7H2,1-2H3. The monoisotopic (exact) mass is 204 g/mol. The van der Waals surface area contributed by atoms with Gasteiger partial charge in [0.2, 0.25) is 0 Å². The number of fused-ring (bicyclic) bond motifs is 1. The highest BCUT2D eigenvalue weighted by Crippen LogP contribution is 2.36. The second-order valence-electron chi connectivity index (χ2n) is 3.63. The molecule has 74 valence electrons. The number of allylic oxidation sites excluding steroid dienone is 1. The summed E-state index contributed by atoms with van der Waals surface area (Å²) in [5, 5.41) is 1.62. The van der Waals surface area contributed by atoms with E-state index in [4.69, 9.17) is 0 Å².